The van der Waals surface area contributed by atoms with E-state index in [1.54, 1.807) is 13.2 Å². The summed E-state index contributed by atoms with van der Waals surface area (Å²) >= 11 is 1.48. The number of hydrogen-bond acceptors (Lipinski definition) is 6. The first kappa shape index (κ1) is 25.8. The van der Waals surface area contributed by atoms with Gasteiger partial charge in [-0.2, -0.15) is 0 Å². The number of methoxy groups -OCH3 is 2. The second-order valence-corrected chi connectivity index (χ2v) is 9.79. The average molecular weight is 486 g/mol. The highest BCUT2D eigenvalue weighted by Crippen LogP contribution is 2.40. The Morgan fingerprint density at radius 3 is 2.74 bits per heavy atom. The van der Waals surface area contributed by atoms with Gasteiger partial charge in [0.2, 0.25) is 5.91 Å². The van der Waals surface area contributed by atoms with Crippen molar-refractivity contribution in [2.24, 2.45) is 5.92 Å². The maximum absolute atomic E-state index is 12.7. The molecule has 1 aliphatic rings. The highest BCUT2D eigenvalue weighted by atomic mass is 32.1. The van der Waals surface area contributed by atoms with Gasteiger partial charge in [-0.1, -0.05) is 39.2 Å². The molecule has 0 fully saturated rings. The molecule has 1 aromatic heterocycles. The Bertz CT molecular complexity index is 1030. The molecular weight excluding hydrogens is 450 g/mol. The van der Waals surface area contributed by atoms with Crippen LogP contribution in [0, 0.1) is 5.92 Å². The summed E-state index contributed by atoms with van der Waals surface area (Å²) in [5.41, 5.74) is 2.33. The molecular formula is C27H35NO5S. The molecule has 1 N–H and O–H groups in total. The molecule has 1 heterocycles. The number of ether oxygens (including phenoxy) is 3. The summed E-state index contributed by atoms with van der Waals surface area (Å²) < 4.78 is 16.3. The fourth-order valence-corrected chi connectivity index (χ4v) is 5.50. The zero-order valence-corrected chi connectivity index (χ0v) is 21.4. The normalized spacial score (nSPS) is 15.1. The number of carbonyl (C=O) groups is 2. The fraction of sp³-hybridized carbons (Fsp3) is 0.481. The lowest BCUT2D eigenvalue weighted by Crippen LogP contribution is -2.14. The number of hydrogen-bond donors (Lipinski definition) is 1. The Balaban J connectivity index is 1.67. The molecule has 6 nitrogen and oxygen atoms in total. The van der Waals surface area contributed by atoms with Gasteiger partial charge in [-0.15, -0.1) is 11.3 Å². The number of thiophene rings is 1. The molecule has 0 radical (unpaired) electrons. The minimum absolute atomic E-state index is 0.299. The van der Waals surface area contributed by atoms with E-state index >= 15 is 0 Å². The Labute approximate surface area is 206 Å². The number of nitrogens with one attached hydrogen (secondary N) is 1. The van der Waals surface area contributed by atoms with Gasteiger partial charge in [0.15, 0.2) is 11.5 Å². The second kappa shape index (κ2) is 12.6. The van der Waals surface area contributed by atoms with E-state index in [0.29, 0.717) is 34.6 Å². The second-order valence-electron chi connectivity index (χ2n) is 8.69. The largest absolute Gasteiger partial charge is 0.493 e. The molecule has 0 aliphatic heterocycles. The first-order valence-corrected chi connectivity index (χ1v) is 12.8. The maximum atomic E-state index is 12.7. The van der Waals surface area contributed by atoms with Gasteiger partial charge in [0.25, 0.3) is 0 Å². The van der Waals surface area contributed by atoms with Crippen molar-refractivity contribution < 1.29 is 23.8 Å². The van der Waals surface area contributed by atoms with Gasteiger partial charge in [0.05, 0.1) is 26.4 Å². The van der Waals surface area contributed by atoms with Gasteiger partial charge >= 0.3 is 5.97 Å². The van der Waals surface area contributed by atoms with Gasteiger partial charge in [-0.25, -0.2) is 4.79 Å². The molecule has 2 aromatic rings. The molecule has 1 amide bonds. The molecule has 7 heteroatoms. The SMILES string of the molecule is CCCCCCOc1ccc(/C=C/C(=O)Nc2sc3c(c2C(=O)OC)CCC(C)C3)cc1OC. The van der Waals surface area contributed by atoms with Crippen LogP contribution < -0.4 is 14.8 Å². The molecule has 0 saturated carbocycles. The van der Waals surface area contributed by atoms with E-state index in [4.69, 9.17) is 14.2 Å². The topological polar surface area (TPSA) is 73.9 Å². The quantitative estimate of drug-likeness (QED) is 0.230. The first-order chi connectivity index (χ1) is 16.5. The Morgan fingerprint density at radius 1 is 1.18 bits per heavy atom. The molecule has 1 unspecified atom stereocenters. The van der Waals surface area contributed by atoms with Crippen LogP contribution in [0.3, 0.4) is 0 Å². The molecule has 184 valence electrons. The Morgan fingerprint density at radius 2 is 2.00 bits per heavy atom. The van der Waals surface area contributed by atoms with E-state index in [-0.39, 0.29) is 5.91 Å². The lowest BCUT2D eigenvalue weighted by molar-refractivity contribution is -0.111. The standard InChI is InChI=1S/C27H35NO5S/c1-5-6-7-8-15-33-21-13-10-19(17-22(21)31-3)11-14-24(29)28-26-25(27(30)32-4)20-12-9-18(2)16-23(20)34-26/h10-11,13-14,17-18H,5-9,12,15-16H2,1-4H3,(H,28,29)/b14-11+. The third-order valence-electron chi connectivity index (χ3n) is 6.01. The molecule has 3 rings (SSSR count). The summed E-state index contributed by atoms with van der Waals surface area (Å²) in [6.45, 7) is 5.04. The number of esters is 1. The highest BCUT2D eigenvalue weighted by Gasteiger charge is 2.28. The number of fused-ring (bicyclic) bond motifs is 1. The molecule has 34 heavy (non-hydrogen) atoms. The molecule has 1 aliphatic carbocycles. The molecule has 0 spiro atoms. The van der Waals surface area contributed by atoms with Crippen molar-refractivity contribution in [3.63, 3.8) is 0 Å². The molecule has 0 bridgehead atoms. The van der Waals surface area contributed by atoms with Crippen molar-refractivity contribution in [1.82, 2.24) is 0 Å². The van der Waals surface area contributed by atoms with E-state index in [0.717, 1.165) is 48.1 Å². The lowest BCUT2D eigenvalue weighted by atomic mass is 9.88. The summed E-state index contributed by atoms with van der Waals surface area (Å²) in [6, 6.07) is 5.59. The zero-order chi connectivity index (χ0) is 24.5. The number of unbranched alkanes of at least 4 members (excludes halogenated alkanes) is 3. The van der Waals surface area contributed by atoms with Crippen molar-refractivity contribution in [3.8, 4) is 11.5 Å². The monoisotopic (exact) mass is 485 g/mol. The Kier molecular flexibility index (Phi) is 9.57. The average Bonchev–Trinajstić information content (AvgIpc) is 3.19. The van der Waals surface area contributed by atoms with Crippen LogP contribution in [0.2, 0.25) is 0 Å². The maximum Gasteiger partial charge on any atom is 0.341 e. The van der Waals surface area contributed by atoms with E-state index in [1.165, 1.54) is 37.4 Å². The molecule has 1 aromatic carbocycles. The third kappa shape index (κ3) is 6.63. The predicted molar refractivity (Wildman–Crippen MR) is 137 cm³/mol. The van der Waals surface area contributed by atoms with E-state index in [9.17, 15) is 9.59 Å². The number of anilines is 1. The van der Waals surface area contributed by atoms with Crippen molar-refractivity contribution in [2.45, 2.75) is 58.8 Å². The summed E-state index contributed by atoms with van der Waals surface area (Å²) in [5.74, 6) is 1.19. The van der Waals surface area contributed by atoms with Crippen LogP contribution in [0.25, 0.3) is 6.08 Å². The van der Waals surface area contributed by atoms with E-state index < -0.39 is 5.97 Å². The summed E-state index contributed by atoms with van der Waals surface area (Å²) in [5, 5.41) is 3.45. The zero-order valence-electron chi connectivity index (χ0n) is 20.6. The number of amides is 1. The molecule has 0 saturated heterocycles. The van der Waals surface area contributed by atoms with Crippen molar-refractivity contribution in [3.05, 3.63) is 45.8 Å². The molecule has 1 atom stereocenters. The lowest BCUT2D eigenvalue weighted by Gasteiger charge is -2.18. The predicted octanol–water partition coefficient (Wildman–Crippen LogP) is 6.28. The van der Waals surface area contributed by atoms with Crippen molar-refractivity contribution >= 4 is 34.3 Å². The van der Waals surface area contributed by atoms with Crippen molar-refractivity contribution in [1.29, 1.82) is 0 Å². The van der Waals surface area contributed by atoms with Crippen LogP contribution in [-0.2, 0) is 22.4 Å². The van der Waals surface area contributed by atoms with Crippen molar-refractivity contribution in [2.75, 3.05) is 26.1 Å². The third-order valence-corrected chi connectivity index (χ3v) is 7.18. The summed E-state index contributed by atoms with van der Waals surface area (Å²) in [6.07, 6.45) is 10.5. The summed E-state index contributed by atoms with van der Waals surface area (Å²) in [7, 11) is 2.97. The van der Waals surface area contributed by atoms with Gasteiger partial charge in [0.1, 0.15) is 5.00 Å². The summed E-state index contributed by atoms with van der Waals surface area (Å²) in [4.78, 5) is 26.3. The fourth-order valence-electron chi connectivity index (χ4n) is 4.10. The van der Waals surface area contributed by atoms with Gasteiger partial charge in [-0.05, 0) is 60.9 Å². The van der Waals surface area contributed by atoms with E-state index in [2.05, 4.69) is 19.2 Å². The first-order valence-electron chi connectivity index (χ1n) is 12.0. The minimum Gasteiger partial charge on any atom is -0.493 e. The van der Waals surface area contributed by atoms with Crippen LogP contribution in [-0.4, -0.2) is 32.7 Å². The number of carbonyl (C=O) groups excluding carboxylic acids is 2. The minimum atomic E-state index is -0.402. The smallest absolute Gasteiger partial charge is 0.341 e. The van der Waals surface area contributed by atoms with Gasteiger partial charge in [0, 0.05) is 11.0 Å². The number of rotatable bonds is 11. The van der Waals surface area contributed by atoms with Gasteiger partial charge < -0.3 is 19.5 Å². The van der Waals surface area contributed by atoms with E-state index in [1.807, 2.05) is 18.2 Å². The highest BCUT2D eigenvalue weighted by molar-refractivity contribution is 7.17. The van der Waals surface area contributed by atoms with Gasteiger partial charge in [-0.3, -0.25) is 4.79 Å². The van der Waals surface area contributed by atoms with Crippen LogP contribution in [0.15, 0.2) is 24.3 Å². The van der Waals surface area contributed by atoms with Crippen LogP contribution in [0.5, 0.6) is 11.5 Å². The Hall–Kier alpha value is -2.80. The van der Waals surface area contributed by atoms with Crippen LogP contribution in [0.4, 0.5) is 5.00 Å². The number of benzene rings is 1. The van der Waals surface area contributed by atoms with Crippen LogP contribution in [0.1, 0.15) is 72.3 Å². The van der Waals surface area contributed by atoms with Crippen LogP contribution >= 0.6 is 11.3 Å².